The largest absolute Gasteiger partial charge is 0.478 e. The number of amides is 1. The molecule has 0 spiro atoms. The van der Waals surface area contributed by atoms with Crippen molar-refractivity contribution >= 4 is 23.6 Å². The molecule has 1 N–H and O–H groups in total. The zero-order chi connectivity index (χ0) is 15.4. The lowest BCUT2D eigenvalue weighted by atomic mass is 10.1. The first kappa shape index (κ1) is 15.0. The molecule has 1 heterocycles. The van der Waals surface area contributed by atoms with Crippen molar-refractivity contribution in [1.29, 1.82) is 0 Å². The summed E-state index contributed by atoms with van der Waals surface area (Å²) in [6.45, 7) is 1.54. The minimum Gasteiger partial charge on any atom is -0.478 e. The third kappa shape index (κ3) is 3.81. The van der Waals surface area contributed by atoms with Crippen LogP contribution in [0.5, 0.6) is 0 Å². The number of carboxylic acid groups (broad SMARTS) is 1. The number of nitrogens with zero attached hydrogens (tertiary/aromatic N) is 2. The van der Waals surface area contributed by atoms with Crippen LogP contribution >= 0.6 is 0 Å². The van der Waals surface area contributed by atoms with Gasteiger partial charge < -0.3 is 14.9 Å². The predicted molar refractivity (Wildman–Crippen MR) is 77.5 cm³/mol. The molecule has 1 aliphatic heterocycles. The molecule has 1 aliphatic rings. The number of carbonyl (C=O) groups excluding carboxylic acids is 1. The van der Waals surface area contributed by atoms with Gasteiger partial charge in [0.1, 0.15) is 5.82 Å². The number of benzene rings is 1. The first-order valence-corrected chi connectivity index (χ1v) is 6.67. The summed E-state index contributed by atoms with van der Waals surface area (Å²) in [6.07, 6.45) is 3.12. The van der Waals surface area contributed by atoms with Crippen molar-refractivity contribution in [3.8, 4) is 0 Å². The van der Waals surface area contributed by atoms with Gasteiger partial charge in [0.15, 0.2) is 0 Å². The van der Waals surface area contributed by atoms with E-state index in [1.54, 1.807) is 18.0 Å². The molecule has 0 radical (unpaired) electrons. The van der Waals surface area contributed by atoms with E-state index in [0.717, 1.165) is 12.5 Å². The summed E-state index contributed by atoms with van der Waals surface area (Å²) in [5, 5.41) is 8.71. The van der Waals surface area contributed by atoms with Gasteiger partial charge in [-0.05, 0) is 30.7 Å². The summed E-state index contributed by atoms with van der Waals surface area (Å²) >= 11 is 0. The molecular formula is C15H17FN2O3. The van der Waals surface area contributed by atoms with Crippen molar-refractivity contribution in [2.75, 3.05) is 31.6 Å². The van der Waals surface area contributed by atoms with Crippen molar-refractivity contribution in [3.05, 3.63) is 35.7 Å². The second-order valence-corrected chi connectivity index (χ2v) is 4.97. The van der Waals surface area contributed by atoms with E-state index in [0.29, 0.717) is 24.3 Å². The quantitative estimate of drug-likeness (QED) is 0.860. The monoisotopic (exact) mass is 292 g/mol. The third-order valence-electron chi connectivity index (χ3n) is 3.41. The number of hydrogen-bond donors (Lipinski definition) is 1. The molecule has 1 aromatic carbocycles. The van der Waals surface area contributed by atoms with E-state index in [1.807, 2.05) is 4.90 Å². The third-order valence-corrected chi connectivity index (χ3v) is 3.41. The van der Waals surface area contributed by atoms with Crippen LogP contribution in [0.2, 0.25) is 0 Å². The summed E-state index contributed by atoms with van der Waals surface area (Å²) in [7, 11) is 1.75. The van der Waals surface area contributed by atoms with Crippen LogP contribution in [0, 0.1) is 5.82 Å². The molecule has 0 atom stereocenters. The summed E-state index contributed by atoms with van der Waals surface area (Å²) in [6, 6.07) is 4.16. The van der Waals surface area contributed by atoms with E-state index in [1.165, 1.54) is 18.2 Å². The highest BCUT2D eigenvalue weighted by atomic mass is 19.1. The first-order chi connectivity index (χ1) is 9.97. The Morgan fingerprint density at radius 2 is 2.14 bits per heavy atom. The summed E-state index contributed by atoms with van der Waals surface area (Å²) < 4.78 is 13.4. The number of rotatable bonds is 3. The molecule has 1 fully saturated rings. The summed E-state index contributed by atoms with van der Waals surface area (Å²) in [5.74, 6) is -1.55. The zero-order valence-corrected chi connectivity index (χ0v) is 11.8. The lowest BCUT2D eigenvalue weighted by Gasteiger charge is -2.24. The fourth-order valence-corrected chi connectivity index (χ4v) is 2.30. The van der Waals surface area contributed by atoms with Crippen LogP contribution < -0.4 is 4.90 Å². The summed E-state index contributed by atoms with van der Waals surface area (Å²) in [4.78, 5) is 26.1. The van der Waals surface area contributed by atoms with Gasteiger partial charge in [0.05, 0.1) is 6.54 Å². The molecule has 6 heteroatoms. The smallest absolute Gasteiger partial charge is 0.328 e. The molecule has 1 saturated heterocycles. The molecule has 0 aromatic heterocycles. The Balaban J connectivity index is 2.33. The number of anilines is 1. The van der Waals surface area contributed by atoms with E-state index in [2.05, 4.69) is 0 Å². The Morgan fingerprint density at radius 3 is 2.86 bits per heavy atom. The van der Waals surface area contributed by atoms with Gasteiger partial charge in [-0.25, -0.2) is 9.18 Å². The highest BCUT2D eigenvalue weighted by molar-refractivity contribution is 5.88. The molecule has 21 heavy (non-hydrogen) atoms. The van der Waals surface area contributed by atoms with Gasteiger partial charge in [-0.1, -0.05) is 0 Å². The van der Waals surface area contributed by atoms with Gasteiger partial charge in [0.2, 0.25) is 5.91 Å². The Hall–Kier alpha value is -2.37. The second kappa shape index (κ2) is 6.39. The lowest BCUT2D eigenvalue weighted by molar-refractivity contribution is -0.131. The Morgan fingerprint density at radius 1 is 1.38 bits per heavy atom. The number of hydrogen-bond acceptors (Lipinski definition) is 3. The number of halogens is 1. The molecule has 5 nitrogen and oxygen atoms in total. The Kier molecular flexibility index (Phi) is 4.57. The van der Waals surface area contributed by atoms with Gasteiger partial charge in [-0.3, -0.25) is 4.79 Å². The molecular weight excluding hydrogens is 275 g/mol. The van der Waals surface area contributed by atoms with E-state index >= 15 is 0 Å². The fraction of sp³-hybridized carbons (Fsp3) is 0.333. The van der Waals surface area contributed by atoms with Crippen LogP contribution in [-0.2, 0) is 9.59 Å². The van der Waals surface area contributed by atoms with Crippen LogP contribution in [0.1, 0.15) is 12.0 Å². The summed E-state index contributed by atoms with van der Waals surface area (Å²) in [5.41, 5.74) is 1.12. The minimum absolute atomic E-state index is 0.00927. The van der Waals surface area contributed by atoms with Gasteiger partial charge in [0.25, 0.3) is 0 Å². The van der Waals surface area contributed by atoms with Gasteiger partial charge in [-0.15, -0.1) is 0 Å². The maximum Gasteiger partial charge on any atom is 0.328 e. The van der Waals surface area contributed by atoms with Crippen molar-refractivity contribution in [3.63, 3.8) is 0 Å². The van der Waals surface area contributed by atoms with Gasteiger partial charge in [-0.2, -0.15) is 0 Å². The molecule has 0 bridgehead atoms. The number of aliphatic carboxylic acids is 1. The van der Waals surface area contributed by atoms with E-state index in [-0.39, 0.29) is 12.5 Å². The minimum atomic E-state index is -1.10. The topological polar surface area (TPSA) is 60.9 Å². The standard InChI is InChI=1S/C15H17FN2O3/c1-17-7-2-8-18(10-14(17)19)13-5-4-12(16)9-11(13)3-6-15(20)21/h3-6,9H,2,7-8,10H2,1H3,(H,20,21)/b6-3+. The van der Waals surface area contributed by atoms with Gasteiger partial charge in [0, 0.05) is 37.5 Å². The fourth-order valence-electron chi connectivity index (χ4n) is 2.30. The number of likely N-dealkylation sites (N-methyl/N-ethyl adjacent to an activating group) is 1. The van der Waals surface area contributed by atoms with Crippen molar-refractivity contribution < 1.29 is 19.1 Å². The van der Waals surface area contributed by atoms with Crippen molar-refractivity contribution in [2.24, 2.45) is 0 Å². The average Bonchev–Trinajstić information content (AvgIpc) is 2.59. The van der Waals surface area contributed by atoms with Gasteiger partial charge >= 0.3 is 5.97 Å². The van der Waals surface area contributed by atoms with E-state index in [4.69, 9.17) is 5.11 Å². The molecule has 112 valence electrons. The average molecular weight is 292 g/mol. The van der Waals surface area contributed by atoms with E-state index < -0.39 is 11.8 Å². The second-order valence-electron chi connectivity index (χ2n) is 4.97. The Labute approximate surface area is 122 Å². The van der Waals surface area contributed by atoms with Crippen LogP contribution in [-0.4, -0.2) is 48.6 Å². The molecule has 2 rings (SSSR count). The van der Waals surface area contributed by atoms with Crippen LogP contribution in [0.3, 0.4) is 0 Å². The zero-order valence-electron chi connectivity index (χ0n) is 11.8. The van der Waals surface area contributed by atoms with Crippen molar-refractivity contribution in [2.45, 2.75) is 6.42 Å². The SMILES string of the molecule is CN1CCCN(c2ccc(F)cc2/C=C/C(=O)O)CC1=O. The molecule has 0 aliphatic carbocycles. The normalized spacial score (nSPS) is 16.4. The first-order valence-electron chi connectivity index (χ1n) is 6.67. The van der Waals surface area contributed by atoms with Crippen LogP contribution in [0.4, 0.5) is 10.1 Å². The number of carbonyl (C=O) groups is 2. The van der Waals surface area contributed by atoms with Crippen LogP contribution in [0.25, 0.3) is 6.08 Å². The lowest BCUT2D eigenvalue weighted by Crippen LogP contribution is -2.34. The number of carboxylic acids is 1. The molecule has 0 unspecified atom stereocenters. The highest BCUT2D eigenvalue weighted by Crippen LogP contribution is 2.24. The van der Waals surface area contributed by atoms with Crippen molar-refractivity contribution in [1.82, 2.24) is 4.90 Å². The molecule has 1 amide bonds. The van der Waals surface area contributed by atoms with Crippen LogP contribution in [0.15, 0.2) is 24.3 Å². The predicted octanol–water partition coefficient (Wildman–Crippen LogP) is 1.59. The maximum atomic E-state index is 13.4. The highest BCUT2D eigenvalue weighted by Gasteiger charge is 2.20. The Bertz CT molecular complexity index is 586. The maximum absolute atomic E-state index is 13.4. The molecule has 0 saturated carbocycles. The molecule has 1 aromatic rings. The van der Waals surface area contributed by atoms with E-state index in [9.17, 15) is 14.0 Å².